The van der Waals surface area contributed by atoms with Crippen LogP contribution < -0.4 is 10.6 Å². The number of nitrogens with zero attached hydrogens (tertiary/aromatic N) is 4. The predicted octanol–water partition coefficient (Wildman–Crippen LogP) is 2.70. The largest absolute Gasteiger partial charge is 0.405 e. The van der Waals surface area contributed by atoms with Gasteiger partial charge in [-0.1, -0.05) is 22.6 Å². The molecule has 3 aromatic heterocycles. The fourth-order valence-electron chi connectivity index (χ4n) is 2.41. The Morgan fingerprint density at radius 3 is 2.82 bits per heavy atom. The molecule has 12 heteroatoms. The number of halogens is 4. The van der Waals surface area contributed by atoms with E-state index < -0.39 is 24.2 Å². The molecule has 3 N–H and O–H groups in total. The van der Waals surface area contributed by atoms with Crippen LogP contribution in [0.1, 0.15) is 6.92 Å². The molecule has 0 aliphatic carbocycles. The molecule has 1 amide bonds. The highest BCUT2D eigenvalue weighted by Gasteiger charge is 2.36. The van der Waals surface area contributed by atoms with Crippen molar-refractivity contribution in [3.8, 4) is 11.4 Å². The maximum absolute atomic E-state index is 12.4. The predicted molar refractivity (Wildman–Crippen MR) is 105 cm³/mol. The second kappa shape index (κ2) is 7.85. The molecule has 28 heavy (non-hydrogen) atoms. The van der Waals surface area contributed by atoms with E-state index in [1.54, 1.807) is 12.4 Å². The lowest BCUT2D eigenvalue weighted by Gasteiger charge is -2.28. The molecule has 0 spiro atoms. The van der Waals surface area contributed by atoms with Crippen LogP contribution in [0.4, 0.5) is 19.0 Å². The molecule has 0 saturated heterocycles. The Bertz CT molecular complexity index is 994. The van der Waals surface area contributed by atoms with Gasteiger partial charge in [-0.3, -0.25) is 4.79 Å². The van der Waals surface area contributed by atoms with Gasteiger partial charge in [0.05, 0.1) is 0 Å². The third-order valence-electron chi connectivity index (χ3n) is 3.87. The van der Waals surface area contributed by atoms with Crippen molar-refractivity contribution < 1.29 is 18.0 Å². The van der Waals surface area contributed by atoms with E-state index >= 15 is 0 Å². The molecule has 0 aromatic carbocycles. The quantitative estimate of drug-likeness (QED) is 0.352. The Labute approximate surface area is 170 Å². The van der Waals surface area contributed by atoms with Crippen molar-refractivity contribution in [3.63, 3.8) is 0 Å². The number of hydrogen-bond donors (Lipinski definition) is 3. The molecular formula is C16H15F3IN7O. The van der Waals surface area contributed by atoms with E-state index in [0.29, 0.717) is 22.9 Å². The standard InChI is InChI=1S/C16H15F3IN7O/c1-15(6-20,14(28)24-7-16(17,18)19)27-11-2-3-22-13(26-11)10-5-23-12-9(10)4-21-8-25-12/h2-5,8H,6-7H2,1H3,(H,24,28)(H,21,23,25)(H,22,26,27)/t15-/m1/s1. The number of aromatic nitrogens is 5. The minimum Gasteiger partial charge on any atom is -0.355 e. The zero-order valence-electron chi connectivity index (χ0n) is 14.5. The highest BCUT2D eigenvalue weighted by molar-refractivity contribution is 14.1. The smallest absolute Gasteiger partial charge is 0.355 e. The van der Waals surface area contributed by atoms with Crippen LogP contribution in [0.15, 0.2) is 31.0 Å². The van der Waals surface area contributed by atoms with Gasteiger partial charge < -0.3 is 15.6 Å². The van der Waals surface area contributed by atoms with E-state index in [-0.39, 0.29) is 4.43 Å². The van der Waals surface area contributed by atoms with Gasteiger partial charge in [0.25, 0.3) is 0 Å². The minimum absolute atomic E-state index is 0.217. The summed E-state index contributed by atoms with van der Waals surface area (Å²) in [5.74, 6) is -0.116. The Hall–Kier alpha value is -2.51. The first kappa shape index (κ1) is 20.2. The number of carbonyl (C=O) groups excluding carboxylic acids is 1. The summed E-state index contributed by atoms with van der Waals surface area (Å²) < 4.78 is 37.4. The molecule has 0 fully saturated rings. The van der Waals surface area contributed by atoms with E-state index in [0.717, 1.165) is 5.39 Å². The van der Waals surface area contributed by atoms with Crippen molar-refractivity contribution in [1.82, 2.24) is 30.2 Å². The van der Waals surface area contributed by atoms with Crippen molar-refractivity contribution in [2.24, 2.45) is 0 Å². The number of aromatic amines is 1. The summed E-state index contributed by atoms with van der Waals surface area (Å²) in [4.78, 5) is 32.0. The first-order valence-electron chi connectivity index (χ1n) is 8.01. The number of anilines is 1. The van der Waals surface area contributed by atoms with Crippen LogP contribution in [0.25, 0.3) is 22.4 Å². The SMILES string of the molecule is C[C@](CI)(Nc1ccnc(-c2c[nH]c3ncncc23)n1)C(=O)NCC(F)(F)F. The minimum atomic E-state index is -4.48. The summed E-state index contributed by atoms with van der Waals surface area (Å²) in [7, 11) is 0. The number of nitrogens with one attached hydrogen (secondary N) is 3. The second-order valence-electron chi connectivity index (χ2n) is 6.14. The summed E-state index contributed by atoms with van der Waals surface area (Å²) in [6, 6.07) is 1.54. The van der Waals surface area contributed by atoms with Gasteiger partial charge in [0.2, 0.25) is 5.91 Å². The average molecular weight is 505 g/mol. The molecule has 0 bridgehead atoms. The average Bonchev–Trinajstić information content (AvgIpc) is 3.09. The molecule has 0 radical (unpaired) electrons. The van der Waals surface area contributed by atoms with Crippen LogP contribution in [0.5, 0.6) is 0 Å². The summed E-state index contributed by atoms with van der Waals surface area (Å²) in [5.41, 5.74) is -0.00615. The third kappa shape index (κ3) is 4.48. The maximum Gasteiger partial charge on any atom is 0.405 e. The molecule has 1 atom stereocenters. The molecule has 0 aliphatic heterocycles. The van der Waals surface area contributed by atoms with E-state index in [1.807, 2.05) is 27.9 Å². The maximum atomic E-state index is 12.4. The molecule has 3 heterocycles. The monoisotopic (exact) mass is 505 g/mol. The summed E-state index contributed by atoms with van der Waals surface area (Å²) >= 11 is 1.93. The molecule has 0 unspecified atom stereocenters. The lowest BCUT2D eigenvalue weighted by Crippen LogP contribution is -2.53. The van der Waals surface area contributed by atoms with Crippen LogP contribution in [-0.2, 0) is 4.79 Å². The second-order valence-corrected chi connectivity index (χ2v) is 6.90. The zero-order chi connectivity index (χ0) is 20.4. The highest BCUT2D eigenvalue weighted by atomic mass is 127. The topological polar surface area (TPSA) is 108 Å². The number of rotatable bonds is 6. The first-order chi connectivity index (χ1) is 13.2. The fourth-order valence-corrected chi connectivity index (χ4v) is 2.95. The van der Waals surface area contributed by atoms with Gasteiger partial charge in [-0.15, -0.1) is 0 Å². The first-order valence-corrected chi connectivity index (χ1v) is 9.54. The Morgan fingerprint density at radius 2 is 2.11 bits per heavy atom. The zero-order valence-corrected chi connectivity index (χ0v) is 16.7. The van der Waals surface area contributed by atoms with Gasteiger partial charge >= 0.3 is 6.18 Å². The summed E-state index contributed by atoms with van der Waals surface area (Å²) in [5, 5.41) is 5.54. The number of alkyl halides is 4. The number of hydrogen-bond acceptors (Lipinski definition) is 6. The van der Waals surface area contributed by atoms with E-state index in [4.69, 9.17) is 0 Å². The van der Waals surface area contributed by atoms with Crippen LogP contribution in [0.3, 0.4) is 0 Å². The third-order valence-corrected chi connectivity index (χ3v) is 5.40. The van der Waals surface area contributed by atoms with Gasteiger partial charge in [-0.05, 0) is 13.0 Å². The van der Waals surface area contributed by atoms with E-state index in [9.17, 15) is 18.0 Å². The van der Waals surface area contributed by atoms with Gasteiger partial charge in [-0.25, -0.2) is 19.9 Å². The fraction of sp³-hybridized carbons (Fsp3) is 0.312. The number of amides is 1. The van der Waals surface area contributed by atoms with Crippen molar-refractivity contribution >= 4 is 45.3 Å². The van der Waals surface area contributed by atoms with Crippen molar-refractivity contribution in [1.29, 1.82) is 0 Å². The molecule has 148 valence electrons. The molecule has 3 aromatic rings. The molecule has 3 rings (SSSR count). The summed E-state index contributed by atoms with van der Waals surface area (Å²) in [6.45, 7) is 0.108. The normalized spacial score (nSPS) is 13.9. The van der Waals surface area contributed by atoms with Crippen LogP contribution in [0.2, 0.25) is 0 Å². The Morgan fingerprint density at radius 1 is 1.32 bits per heavy atom. The van der Waals surface area contributed by atoms with Crippen LogP contribution in [-0.4, -0.2) is 53.5 Å². The Balaban J connectivity index is 1.84. The number of fused-ring (bicyclic) bond motifs is 1. The van der Waals surface area contributed by atoms with Crippen molar-refractivity contribution in [2.75, 3.05) is 16.3 Å². The molecule has 8 nitrogen and oxygen atoms in total. The molecule has 0 saturated carbocycles. The van der Waals surface area contributed by atoms with E-state index in [2.05, 4.69) is 30.2 Å². The summed E-state index contributed by atoms with van der Waals surface area (Å²) in [6.07, 6.45) is 1.73. The van der Waals surface area contributed by atoms with Gasteiger partial charge in [0.15, 0.2) is 5.82 Å². The van der Waals surface area contributed by atoms with Gasteiger partial charge in [0, 0.05) is 34.0 Å². The van der Waals surface area contributed by atoms with Crippen LogP contribution in [0, 0.1) is 0 Å². The van der Waals surface area contributed by atoms with Crippen molar-refractivity contribution in [2.45, 2.75) is 18.6 Å². The molecule has 0 aliphatic rings. The molecular weight excluding hydrogens is 490 g/mol. The van der Waals surface area contributed by atoms with Crippen molar-refractivity contribution in [3.05, 3.63) is 31.0 Å². The van der Waals surface area contributed by atoms with Crippen LogP contribution >= 0.6 is 22.6 Å². The highest BCUT2D eigenvalue weighted by Crippen LogP contribution is 2.25. The number of carbonyl (C=O) groups is 1. The number of H-pyrrole nitrogens is 1. The lowest BCUT2D eigenvalue weighted by molar-refractivity contribution is -0.140. The Kier molecular flexibility index (Phi) is 5.67. The lowest BCUT2D eigenvalue weighted by atomic mass is 10.0. The van der Waals surface area contributed by atoms with E-state index in [1.165, 1.54) is 25.5 Å². The van der Waals surface area contributed by atoms with Gasteiger partial charge in [0.1, 0.15) is 29.9 Å². The van der Waals surface area contributed by atoms with Gasteiger partial charge in [-0.2, -0.15) is 13.2 Å².